The molecule has 0 aliphatic heterocycles. The third kappa shape index (κ3) is 2.31. The zero-order chi connectivity index (χ0) is 15.9. The highest BCUT2D eigenvalue weighted by molar-refractivity contribution is 9.08. The van der Waals surface area contributed by atoms with Gasteiger partial charge in [-0.3, -0.25) is 4.79 Å². The van der Waals surface area contributed by atoms with Crippen molar-refractivity contribution in [3.8, 4) is 28.4 Å². The van der Waals surface area contributed by atoms with Gasteiger partial charge >= 0.3 is 0 Å². The molecule has 0 fully saturated rings. The minimum atomic E-state index is -0.404. The lowest BCUT2D eigenvalue weighted by molar-refractivity contribution is 0.451. The van der Waals surface area contributed by atoms with Crippen LogP contribution in [0.25, 0.3) is 22.1 Å². The second-order valence-electron chi connectivity index (χ2n) is 4.75. The molecule has 3 N–H and O–H groups in total. The monoisotopic (exact) mass is 362 g/mol. The maximum Gasteiger partial charge on any atom is 0.204 e. The Bertz CT molecular complexity index is 912. The third-order valence-corrected chi connectivity index (χ3v) is 3.82. The van der Waals surface area contributed by atoms with Gasteiger partial charge in [-0.05, 0) is 17.7 Å². The van der Waals surface area contributed by atoms with Gasteiger partial charge in [0.15, 0.2) is 0 Å². The van der Waals surface area contributed by atoms with Crippen molar-refractivity contribution < 1.29 is 19.7 Å². The first-order valence-electron chi connectivity index (χ1n) is 6.38. The summed E-state index contributed by atoms with van der Waals surface area (Å²) < 4.78 is 5.64. The Balaban J connectivity index is 2.41. The van der Waals surface area contributed by atoms with Crippen LogP contribution in [-0.4, -0.2) is 15.3 Å². The van der Waals surface area contributed by atoms with E-state index >= 15 is 0 Å². The fourth-order valence-corrected chi connectivity index (χ4v) is 2.74. The van der Waals surface area contributed by atoms with Gasteiger partial charge < -0.3 is 19.7 Å². The van der Waals surface area contributed by atoms with Gasteiger partial charge in [0.25, 0.3) is 0 Å². The maximum absolute atomic E-state index is 12.7. The van der Waals surface area contributed by atoms with Gasteiger partial charge in [-0.25, -0.2) is 0 Å². The van der Waals surface area contributed by atoms with E-state index in [4.69, 9.17) is 4.42 Å². The lowest BCUT2D eigenvalue weighted by atomic mass is 10.0. The van der Waals surface area contributed by atoms with Gasteiger partial charge in [0.2, 0.25) is 5.43 Å². The van der Waals surface area contributed by atoms with Gasteiger partial charge in [-0.15, -0.1) is 0 Å². The van der Waals surface area contributed by atoms with Crippen LogP contribution >= 0.6 is 15.9 Å². The third-order valence-electron chi connectivity index (χ3n) is 3.31. The smallest absolute Gasteiger partial charge is 0.204 e. The molecule has 3 aromatic rings. The molecule has 2 aromatic carbocycles. The Morgan fingerprint density at radius 3 is 2.32 bits per heavy atom. The van der Waals surface area contributed by atoms with Crippen molar-refractivity contribution >= 4 is 26.9 Å². The number of rotatable bonds is 2. The summed E-state index contributed by atoms with van der Waals surface area (Å²) in [6.07, 6.45) is 0. The van der Waals surface area contributed by atoms with E-state index in [0.717, 1.165) is 6.07 Å². The van der Waals surface area contributed by atoms with E-state index in [1.165, 1.54) is 18.2 Å². The Morgan fingerprint density at radius 1 is 1.00 bits per heavy atom. The Morgan fingerprint density at radius 2 is 1.68 bits per heavy atom. The van der Waals surface area contributed by atoms with Crippen molar-refractivity contribution in [2.24, 2.45) is 0 Å². The van der Waals surface area contributed by atoms with Crippen LogP contribution in [0.15, 0.2) is 45.6 Å². The van der Waals surface area contributed by atoms with Gasteiger partial charge in [-0.2, -0.15) is 0 Å². The summed E-state index contributed by atoms with van der Waals surface area (Å²) in [5.74, 6) is -0.0776. The molecule has 0 aliphatic carbocycles. The molecule has 0 spiro atoms. The van der Waals surface area contributed by atoms with Crippen LogP contribution in [0.3, 0.4) is 0 Å². The number of phenols is 3. The predicted molar refractivity (Wildman–Crippen MR) is 85.5 cm³/mol. The van der Waals surface area contributed by atoms with Crippen LogP contribution < -0.4 is 5.43 Å². The number of phenolic OH excluding ortho intramolecular Hbond substituents is 3. The number of fused-ring (bicyclic) bond motifs is 1. The average molecular weight is 363 g/mol. The summed E-state index contributed by atoms with van der Waals surface area (Å²) in [5, 5.41) is 29.1. The molecule has 0 saturated heterocycles. The van der Waals surface area contributed by atoms with E-state index in [1.807, 2.05) is 0 Å². The molecule has 112 valence electrons. The fraction of sp³-hybridized carbons (Fsp3) is 0.0625. The van der Waals surface area contributed by atoms with Crippen molar-refractivity contribution in [2.45, 2.75) is 5.33 Å². The molecule has 1 aromatic heterocycles. The van der Waals surface area contributed by atoms with Crippen LogP contribution in [0.1, 0.15) is 5.76 Å². The van der Waals surface area contributed by atoms with Crippen LogP contribution in [0.4, 0.5) is 0 Å². The zero-order valence-corrected chi connectivity index (χ0v) is 12.8. The van der Waals surface area contributed by atoms with E-state index < -0.39 is 5.43 Å². The molecular weight excluding hydrogens is 352 g/mol. The van der Waals surface area contributed by atoms with Crippen molar-refractivity contribution in [1.29, 1.82) is 0 Å². The molecule has 1 heterocycles. The zero-order valence-electron chi connectivity index (χ0n) is 11.2. The van der Waals surface area contributed by atoms with Crippen molar-refractivity contribution in [3.63, 3.8) is 0 Å². The molecule has 0 amide bonds. The maximum atomic E-state index is 12.7. The Hall–Kier alpha value is -2.47. The molecule has 0 bridgehead atoms. The van der Waals surface area contributed by atoms with Crippen LogP contribution in [0.2, 0.25) is 0 Å². The fourth-order valence-electron chi connectivity index (χ4n) is 2.34. The normalized spacial score (nSPS) is 11.0. The molecule has 0 saturated carbocycles. The van der Waals surface area contributed by atoms with E-state index in [0.29, 0.717) is 16.9 Å². The van der Waals surface area contributed by atoms with E-state index in [2.05, 4.69) is 15.9 Å². The average Bonchev–Trinajstić information content (AvgIpc) is 2.47. The lowest BCUT2D eigenvalue weighted by Crippen LogP contribution is -2.08. The Labute approximate surface area is 133 Å². The summed E-state index contributed by atoms with van der Waals surface area (Å²) in [6, 6.07) is 8.49. The number of halogens is 1. The SMILES string of the molecule is O=c1c(-c2ccc(O)cc2)c(CBr)oc2cc(O)cc(O)c12. The van der Waals surface area contributed by atoms with E-state index in [1.54, 1.807) is 12.1 Å². The van der Waals surface area contributed by atoms with E-state index in [9.17, 15) is 20.1 Å². The minimum Gasteiger partial charge on any atom is -0.508 e. The van der Waals surface area contributed by atoms with Crippen molar-refractivity contribution in [3.05, 3.63) is 52.4 Å². The topological polar surface area (TPSA) is 90.9 Å². The highest BCUT2D eigenvalue weighted by Gasteiger charge is 2.18. The molecular formula is C16H11BrO5. The van der Waals surface area contributed by atoms with Crippen molar-refractivity contribution in [1.82, 2.24) is 0 Å². The lowest BCUT2D eigenvalue weighted by Gasteiger charge is -2.09. The molecule has 5 nitrogen and oxygen atoms in total. The Kier molecular flexibility index (Phi) is 3.54. The number of alkyl halides is 1. The van der Waals surface area contributed by atoms with Gasteiger partial charge in [0.1, 0.15) is 34.0 Å². The summed E-state index contributed by atoms with van der Waals surface area (Å²) in [6.45, 7) is 0. The summed E-state index contributed by atoms with van der Waals surface area (Å²) in [4.78, 5) is 12.7. The molecule has 6 heteroatoms. The van der Waals surface area contributed by atoms with Crippen LogP contribution in [0.5, 0.6) is 17.2 Å². The number of aromatic hydroxyl groups is 3. The van der Waals surface area contributed by atoms with Crippen LogP contribution in [-0.2, 0) is 5.33 Å². The number of hydrogen-bond donors (Lipinski definition) is 3. The summed E-state index contributed by atoms with van der Waals surface area (Å²) in [5.41, 5.74) is 0.569. The summed E-state index contributed by atoms with van der Waals surface area (Å²) in [7, 11) is 0. The molecule has 0 unspecified atom stereocenters. The standard InChI is InChI=1S/C16H11BrO5/c17-7-13-14(8-1-3-9(18)4-2-8)16(21)15-11(20)5-10(19)6-12(15)22-13/h1-6,18-20H,7H2. The van der Waals surface area contributed by atoms with Gasteiger partial charge in [0.05, 0.1) is 10.9 Å². The van der Waals surface area contributed by atoms with Gasteiger partial charge in [0, 0.05) is 12.1 Å². The van der Waals surface area contributed by atoms with E-state index in [-0.39, 0.29) is 33.5 Å². The highest BCUT2D eigenvalue weighted by Crippen LogP contribution is 2.33. The van der Waals surface area contributed by atoms with Crippen molar-refractivity contribution in [2.75, 3.05) is 0 Å². The first-order valence-corrected chi connectivity index (χ1v) is 7.50. The molecule has 0 atom stereocenters. The second kappa shape index (κ2) is 5.38. The molecule has 3 rings (SSSR count). The summed E-state index contributed by atoms with van der Waals surface area (Å²) >= 11 is 3.27. The van der Waals surface area contributed by atoms with Gasteiger partial charge in [-0.1, -0.05) is 28.1 Å². The molecule has 0 radical (unpaired) electrons. The quantitative estimate of drug-likeness (QED) is 0.607. The minimum absolute atomic E-state index is 0.00516. The number of hydrogen-bond acceptors (Lipinski definition) is 5. The number of benzene rings is 2. The molecule has 0 aliphatic rings. The first-order chi connectivity index (χ1) is 10.5. The largest absolute Gasteiger partial charge is 0.508 e. The first kappa shape index (κ1) is 14.5. The second-order valence-corrected chi connectivity index (χ2v) is 5.31. The predicted octanol–water partition coefficient (Wildman–Crippen LogP) is 3.47. The van der Waals surface area contributed by atoms with Crippen LogP contribution in [0, 0.1) is 0 Å². The highest BCUT2D eigenvalue weighted by atomic mass is 79.9. The molecule has 22 heavy (non-hydrogen) atoms.